The van der Waals surface area contributed by atoms with Crippen molar-refractivity contribution in [2.75, 3.05) is 34.8 Å². The fourth-order valence-corrected chi connectivity index (χ4v) is 4.35. The SMILES string of the molecule is CC1CNC(=O)N1c1nn(C(C)C)c2cc(Nc3ccnc(N4CC[C@H](O)[C@H](F)C4)n3)ncc12. The summed E-state index contributed by atoms with van der Waals surface area (Å²) in [6.45, 7) is 7.13. The smallest absolute Gasteiger partial charge is 0.323 e. The summed E-state index contributed by atoms with van der Waals surface area (Å²) in [4.78, 5) is 29.1. The fourth-order valence-electron chi connectivity index (χ4n) is 4.35. The number of piperidine rings is 1. The van der Waals surface area contributed by atoms with Crippen LogP contribution in [-0.2, 0) is 0 Å². The molecule has 5 rings (SSSR count). The van der Waals surface area contributed by atoms with E-state index in [0.29, 0.717) is 42.9 Å². The number of nitrogens with one attached hydrogen (secondary N) is 2. The van der Waals surface area contributed by atoms with Gasteiger partial charge in [-0.25, -0.2) is 19.2 Å². The lowest BCUT2D eigenvalue weighted by Crippen LogP contribution is -2.45. The molecule has 2 aliphatic heterocycles. The molecule has 0 aliphatic carbocycles. The summed E-state index contributed by atoms with van der Waals surface area (Å²) < 4.78 is 15.8. The number of alkyl halides is 1. The molecule has 34 heavy (non-hydrogen) atoms. The number of fused-ring (bicyclic) bond motifs is 1. The Hall–Kier alpha value is -3.54. The summed E-state index contributed by atoms with van der Waals surface area (Å²) in [6.07, 6.45) is 1.36. The van der Waals surface area contributed by atoms with E-state index in [1.807, 2.05) is 31.5 Å². The number of carbonyl (C=O) groups excluding carboxylic acids is 1. The molecule has 3 N–H and O–H groups in total. The maximum absolute atomic E-state index is 14.0. The molecule has 0 aromatic carbocycles. The third-order valence-electron chi connectivity index (χ3n) is 6.19. The van der Waals surface area contributed by atoms with Crippen LogP contribution in [0.15, 0.2) is 24.5 Å². The van der Waals surface area contributed by atoms with Crippen LogP contribution in [0.25, 0.3) is 10.9 Å². The average molecular weight is 470 g/mol. The van der Waals surface area contributed by atoms with E-state index in [9.17, 15) is 14.3 Å². The van der Waals surface area contributed by atoms with Crippen molar-refractivity contribution in [3.05, 3.63) is 24.5 Å². The molecule has 0 radical (unpaired) electrons. The molecule has 0 saturated carbocycles. The molecule has 2 amide bonds. The summed E-state index contributed by atoms with van der Waals surface area (Å²) in [5, 5.41) is 21.2. The first-order valence-electron chi connectivity index (χ1n) is 11.4. The molecular formula is C22H28FN9O2. The lowest BCUT2D eigenvalue weighted by molar-refractivity contribution is 0.0612. The minimum absolute atomic E-state index is 0.0109. The molecule has 1 unspecified atom stereocenters. The summed E-state index contributed by atoms with van der Waals surface area (Å²) in [5.74, 6) is 2.05. The van der Waals surface area contributed by atoms with Gasteiger partial charge in [-0.05, 0) is 33.3 Å². The summed E-state index contributed by atoms with van der Waals surface area (Å²) >= 11 is 0. The van der Waals surface area contributed by atoms with Crippen LogP contribution in [0.2, 0.25) is 0 Å². The van der Waals surface area contributed by atoms with Gasteiger partial charge in [0.25, 0.3) is 0 Å². The number of aromatic nitrogens is 5. The van der Waals surface area contributed by atoms with Crippen molar-refractivity contribution in [1.82, 2.24) is 30.0 Å². The van der Waals surface area contributed by atoms with Crippen molar-refractivity contribution in [2.45, 2.75) is 51.6 Å². The van der Waals surface area contributed by atoms with Gasteiger partial charge >= 0.3 is 6.03 Å². The number of aliphatic hydroxyl groups is 1. The highest BCUT2D eigenvalue weighted by molar-refractivity contribution is 6.02. The highest BCUT2D eigenvalue weighted by Gasteiger charge is 2.33. The van der Waals surface area contributed by atoms with E-state index >= 15 is 0 Å². The quantitative estimate of drug-likeness (QED) is 0.520. The second-order valence-corrected chi connectivity index (χ2v) is 9.04. The van der Waals surface area contributed by atoms with Crippen LogP contribution in [0, 0.1) is 0 Å². The van der Waals surface area contributed by atoms with E-state index in [1.54, 1.807) is 28.3 Å². The number of urea groups is 1. The number of rotatable bonds is 5. The van der Waals surface area contributed by atoms with Gasteiger partial charge in [0, 0.05) is 37.6 Å². The highest BCUT2D eigenvalue weighted by atomic mass is 19.1. The molecule has 2 aliphatic rings. The summed E-state index contributed by atoms with van der Waals surface area (Å²) in [7, 11) is 0. The Bertz CT molecular complexity index is 1220. The van der Waals surface area contributed by atoms with Crippen molar-refractivity contribution in [3.8, 4) is 0 Å². The first kappa shape index (κ1) is 22.3. The Balaban J connectivity index is 1.44. The van der Waals surface area contributed by atoms with Gasteiger partial charge in [-0.3, -0.25) is 9.58 Å². The maximum Gasteiger partial charge on any atom is 0.323 e. The second-order valence-electron chi connectivity index (χ2n) is 9.04. The van der Waals surface area contributed by atoms with Crippen molar-refractivity contribution in [3.63, 3.8) is 0 Å². The van der Waals surface area contributed by atoms with Gasteiger partial charge < -0.3 is 20.6 Å². The number of nitrogens with zero attached hydrogens (tertiary/aromatic N) is 7. The minimum atomic E-state index is -1.33. The van der Waals surface area contributed by atoms with Crippen molar-refractivity contribution in [1.29, 1.82) is 0 Å². The molecule has 2 fully saturated rings. The molecule has 0 bridgehead atoms. The van der Waals surface area contributed by atoms with Gasteiger partial charge in [0.1, 0.15) is 17.8 Å². The molecule has 180 valence electrons. The number of anilines is 4. The molecule has 0 spiro atoms. The largest absolute Gasteiger partial charge is 0.390 e. The number of hydrogen-bond acceptors (Lipinski definition) is 8. The first-order valence-corrected chi connectivity index (χ1v) is 11.4. The fraction of sp³-hybridized carbons (Fsp3) is 0.500. The van der Waals surface area contributed by atoms with Gasteiger partial charge in [-0.1, -0.05) is 0 Å². The van der Waals surface area contributed by atoms with E-state index < -0.39 is 12.3 Å². The molecule has 3 aromatic rings. The molecule has 12 heteroatoms. The Labute approximate surface area is 196 Å². The first-order chi connectivity index (χ1) is 16.3. The van der Waals surface area contributed by atoms with E-state index in [0.717, 1.165) is 10.9 Å². The van der Waals surface area contributed by atoms with E-state index in [4.69, 9.17) is 5.10 Å². The molecule has 2 saturated heterocycles. The molecular weight excluding hydrogens is 441 g/mol. The van der Waals surface area contributed by atoms with E-state index in [2.05, 4.69) is 25.6 Å². The van der Waals surface area contributed by atoms with Crippen LogP contribution in [0.4, 0.5) is 32.6 Å². The van der Waals surface area contributed by atoms with Crippen molar-refractivity contribution >= 4 is 40.3 Å². The number of amides is 2. The standard InChI is InChI=1S/C22H28FN9O2/c1-12(2)32-16-8-19(25-10-14(16)20(29-32)31-13(3)9-26-22(31)34)27-18-4-6-24-21(28-18)30-7-5-17(33)15(23)11-30/h4,6,8,10,12-13,15,17,33H,5,7,9,11H2,1-3H3,(H,26,34)(H,24,25,27,28)/t13?,15-,17+/m1/s1. The number of pyridine rings is 1. The highest BCUT2D eigenvalue weighted by Crippen LogP contribution is 2.32. The molecule has 11 nitrogen and oxygen atoms in total. The zero-order chi connectivity index (χ0) is 24.0. The van der Waals surface area contributed by atoms with Crippen LogP contribution in [0.3, 0.4) is 0 Å². The van der Waals surface area contributed by atoms with Crippen LogP contribution in [0.1, 0.15) is 33.2 Å². The number of aliphatic hydroxyl groups excluding tert-OH is 1. The number of halogens is 1. The molecule has 3 atom stereocenters. The van der Waals surface area contributed by atoms with Crippen LogP contribution in [0.5, 0.6) is 0 Å². The predicted octanol–water partition coefficient (Wildman–Crippen LogP) is 2.37. The Kier molecular flexibility index (Phi) is 5.68. The topological polar surface area (TPSA) is 124 Å². The Morgan fingerprint density at radius 3 is 2.82 bits per heavy atom. The van der Waals surface area contributed by atoms with Crippen molar-refractivity contribution in [2.24, 2.45) is 0 Å². The zero-order valence-electron chi connectivity index (χ0n) is 19.3. The third-order valence-corrected chi connectivity index (χ3v) is 6.19. The Morgan fingerprint density at radius 1 is 1.29 bits per heavy atom. The summed E-state index contributed by atoms with van der Waals surface area (Å²) in [5.41, 5.74) is 0.842. The van der Waals surface area contributed by atoms with Gasteiger partial charge in [-0.2, -0.15) is 10.1 Å². The molecule has 5 heterocycles. The summed E-state index contributed by atoms with van der Waals surface area (Å²) in [6, 6.07) is 3.48. The van der Waals surface area contributed by atoms with Gasteiger partial charge in [0.2, 0.25) is 5.95 Å². The lowest BCUT2D eigenvalue weighted by Gasteiger charge is -2.32. The second kappa shape index (κ2) is 8.67. The minimum Gasteiger partial charge on any atom is -0.390 e. The van der Waals surface area contributed by atoms with Crippen LogP contribution in [-0.4, -0.2) is 73.8 Å². The Morgan fingerprint density at radius 2 is 2.12 bits per heavy atom. The monoisotopic (exact) mass is 469 g/mol. The maximum atomic E-state index is 14.0. The lowest BCUT2D eigenvalue weighted by atomic mass is 10.1. The third kappa shape index (κ3) is 3.98. The van der Waals surface area contributed by atoms with Crippen LogP contribution >= 0.6 is 0 Å². The zero-order valence-corrected chi connectivity index (χ0v) is 19.3. The van der Waals surface area contributed by atoms with Crippen molar-refractivity contribution < 1.29 is 14.3 Å². The predicted molar refractivity (Wildman–Crippen MR) is 126 cm³/mol. The average Bonchev–Trinajstić information content (AvgIpc) is 3.34. The number of carbonyl (C=O) groups is 1. The number of hydrogen-bond donors (Lipinski definition) is 3. The van der Waals surface area contributed by atoms with Gasteiger partial charge in [0.15, 0.2) is 5.82 Å². The van der Waals surface area contributed by atoms with Gasteiger partial charge in [-0.15, -0.1) is 0 Å². The van der Waals surface area contributed by atoms with Gasteiger partial charge in [0.05, 0.1) is 29.6 Å². The molecule has 3 aromatic heterocycles. The van der Waals surface area contributed by atoms with E-state index in [1.165, 1.54) is 0 Å². The van der Waals surface area contributed by atoms with E-state index in [-0.39, 0.29) is 24.7 Å². The normalized spacial score (nSPS) is 23.1. The van der Waals surface area contributed by atoms with Crippen LogP contribution < -0.4 is 20.4 Å².